The van der Waals surface area contributed by atoms with E-state index in [1.807, 2.05) is 42.2 Å². The van der Waals surface area contributed by atoms with Gasteiger partial charge in [0, 0.05) is 12.6 Å². The van der Waals surface area contributed by atoms with Crippen LogP contribution in [-0.4, -0.2) is 34.6 Å². The van der Waals surface area contributed by atoms with Crippen molar-refractivity contribution in [1.29, 1.82) is 0 Å². The van der Waals surface area contributed by atoms with Crippen molar-refractivity contribution in [3.8, 4) is 16.9 Å². The van der Waals surface area contributed by atoms with Gasteiger partial charge in [0.05, 0.1) is 6.54 Å². The third-order valence-electron chi connectivity index (χ3n) is 6.00. The predicted octanol–water partition coefficient (Wildman–Crippen LogP) is 2.60. The molecule has 0 aliphatic rings. The zero-order valence-electron chi connectivity index (χ0n) is 21.2. The lowest BCUT2D eigenvalue weighted by Gasteiger charge is -2.14. The normalized spacial score (nSPS) is 11.6. The Kier molecular flexibility index (Phi) is 7.91. The zero-order chi connectivity index (χ0) is 27.2. The number of carbonyl (C=O) groups excluding carboxylic acids is 2. The van der Waals surface area contributed by atoms with Gasteiger partial charge < -0.3 is 19.9 Å². The molecule has 0 radical (unpaired) electrons. The fourth-order valence-corrected chi connectivity index (χ4v) is 3.96. The maximum Gasteiger partial charge on any atom is 0.440 e. The zero-order valence-corrected chi connectivity index (χ0v) is 21.2. The van der Waals surface area contributed by atoms with Gasteiger partial charge in [-0.3, -0.25) is 9.59 Å². The molecule has 3 N–H and O–H groups in total. The maximum atomic E-state index is 12.5. The summed E-state index contributed by atoms with van der Waals surface area (Å²) in [6.45, 7) is 4.04. The second-order valence-corrected chi connectivity index (χ2v) is 8.82. The number of H-pyrrole nitrogens is 1. The Labute approximate surface area is 218 Å². The Morgan fingerprint density at radius 2 is 1.79 bits per heavy atom. The highest BCUT2D eigenvalue weighted by atomic mass is 16.5. The summed E-state index contributed by atoms with van der Waals surface area (Å²) in [5.41, 5.74) is 4.53. The van der Waals surface area contributed by atoms with Crippen molar-refractivity contribution in [2.45, 2.75) is 33.0 Å². The van der Waals surface area contributed by atoms with Crippen LogP contribution in [0.15, 0.2) is 80.8 Å². The van der Waals surface area contributed by atoms with Gasteiger partial charge in [-0.2, -0.15) is 0 Å². The number of aromatic amines is 1. The fourth-order valence-electron chi connectivity index (χ4n) is 3.96. The van der Waals surface area contributed by atoms with Crippen LogP contribution < -0.4 is 26.8 Å². The summed E-state index contributed by atoms with van der Waals surface area (Å²) in [4.78, 5) is 49.0. The second kappa shape index (κ2) is 11.5. The molecule has 4 aromatic rings. The van der Waals surface area contributed by atoms with E-state index in [0.29, 0.717) is 17.9 Å². The number of rotatable bonds is 9. The van der Waals surface area contributed by atoms with Gasteiger partial charge in [-0.05, 0) is 72.0 Å². The van der Waals surface area contributed by atoms with E-state index in [1.165, 1.54) is 7.05 Å². The second-order valence-electron chi connectivity index (χ2n) is 8.82. The molecule has 0 saturated heterocycles. The number of carbonyl (C=O) groups is 2. The molecule has 2 amide bonds. The lowest BCUT2D eigenvalue weighted by Crippen LogP contribution is -2.43. The van der Waals surface area contributed by atoms with Gasteiger partial charge in [-0.15, -0.1) is 4.74 Å². The highest BCUT2D eigenvalue weighted by Crippen LogP contribution is 2.26. The molecule has 0 spiro atoms. The van der Waals surface area contributed by atoms with Crippen molar-refractivity contribution in [1.82, 2.24) is 20.4 Å². The molecule has 0 saturated carbocycles. The maximum absolute atomic E-state index is 12.5. The third-order valence-corrected chi connectivity index (χ3v) is 6.00. The lowest BCUT2D eigenvalue weighted by molar-refractivity contribution is -0.122. The first kappa shape index (κ1) is 26.2. The first-order chi connectivity index (χ1) is 18.2. The summed E-state index contributed by atoms with van der Waals surface area (Å²) in [5, 5.41) is 5.21. The molecule has 1 aromatic heterocycles. The van der Waals surface area contributed by atoms with E-state index in [2.05, 4.69) is 10.6 Å². The summed E-state index contributed by atoms with van der Waals surface area (Å²) >= 11 is 0. The Balaban J connectivity index is 1.40. The number of aromatic nitrogens is 2. The van der Waals surface area contributed by atoms with Crippen LogP contribution in [0, 0.1) is 6.92 Å². The monoisotopic (exact) mass is 516 g/mol. The van der Waals surface area contributed by atoms with Crippen molar-refractivity contribution in [2.24, 2.45) is 0 Å². The molecule has 0 unspecified atom stereocenters. The van der Waals surface area contributed by atoms with E-state index in [4.69, 9.17) is 9.26 Å². The van der Waals surface area contributed by atoms with E-state index in [1.54, 1.807) is 43.3 Å². The number of amides is 2. The first-order valence-electron chi connectivity index (χ1n) is 12.0. The lowest BCUT2D eigenvalue weighted by atomic mass is 9.97. The average molecular weight is 517 g/mol. The van der Waals surface area contributed by atoms with Crippen LogP contribution in [0.5, 0.6) is 5.75 Å². The Morgan fingerprint density at radius 1 is 1.03 bits per heavy atom. The number of nitrogens with one attached hydrogen (secondary N) is 3. The van der Waals surface area contributed by atoms with Gasteiger partial charge in [0.25, 0.3) is 5.91 Å². The van der Waals surface area contributed by atoms with Crippen molar-refractivity contribution >= 4 is 11.8 Å². The van der Waals surface area contributed by atoms with Crippen LogP contribution in [0.2, 0.25) is 0 Å². The number of aryl methyl sites for hydroxylation is 1. The van der Waals surface area contributed by atoms with Crippen LogP contribution in [0.4, 0.5) is 0 Å². The van der Waals surface area contributed by atoms with Gasteiger partial charge in [0.2, 0.25) is 5.91 Å². The molecule has 4 rings (SSSR count). The van der Waals surface area contributed by atoms with E-state index >= 15 is 0 Å². The van der Waals surface area contributed by atoms with Crippen molar-refractivity contribution < 1.29 is 18.8 Å². The molecule has 0 bridgehead atoms. The molecular formula is C28H28N4O6. The average Bonchev–Trinajstić information content (AvgIpc) is 3.23. The quantitative estimate of drug-likeness (QED) is 0.313. The van der Waals surface area contributed by atoms with E-state index < -0.39 is 17.5 Å². The Bertz CT molecular complexity index is 1570. The molecule has 196 valence electrons. The molecule has 1 atom stereocenters. The number of benzene rings is 3. The van der Waals surface area contributed by atoms with Crippen LogP contribution in [-0.2, 0) is 17.9 Å². The number of hydrogen-bond acceptors (Lipinski definition) is 6. The SMILES string of the molecule is CNC(=O)[C@H](C)NC(=O)c1ccc(-c2cccc(COc3ccc(Cn4oc(=O)[nH]c4=O)cc3)c2)c(C)c1. The minimum Gasteiger partial charge on any atom is -0.489 e. The molecule has 38 heavy (non-hydrogen) atoms. The molecular weight excluding hydrogens is 488 g/mol. The predicted molar refractivity (Wildman–Crippen MR) is 141 cm³/mol. The van der Waals surface area contributed by atoms with E-state index in [0.717, 1.165) is 32.6 Å². The molecule has 0 aliphatic carbocycles. The molecule has 0 fully saturated rings. The summed E-state index contributed by atoms with van der Waals surface area (Å²) in [5.74, 6) is -0.709. The van der Waals surface area contributed by atoms with Gasteiger partial charge in [-0.1, -0.05) is 36.4 Å². The summed E-state index contributed by atoms with van der Waals surface area (Å²) in [6, 6.07) is 19.9. The molecule has 10 nitrogen and oxygen atoms in total. The summed E-state index contributed by atoms with van der Waals surface area (Å²) in [6.07, 6.45) is 0. The topological polar surface area (TPSA) is 135 Å². The van der Waals surface area contributed by atoms with Crippen molar-refractivity contribution in [2.75, 3.05) is 7.05 Å². The van der Waals surface area contributed by atoms with Gasteiger partial charge in [0.15, 0.2) is 0 Å². The van der Waals surface area contributed by atoms with Gasteiger partial charge in [-0.25, -0.2) is 14.6 Å². The highest BCUT2D eigenvalue weighted by Gasteiger charge is 2.16. The fraction of sp³-hybridized carbons (Fsp3) is 0.214. The number of hydrogen-bond donors (Lipinski definition) is 3. The molecule has 10 heteroatoms. The number of likely N-dealkylation sites (N-methyl/N-ethyl adjacent to an activating group) is 1. The summed E-state index contributed by atoms with van der Waals surface area (Å²) < 4.78 is 11.7. The minimum absolute atomic E-state index is 0.132. The standard InChI is InChI=1S/C28H28N4O6/c1-17-13-22(26(34)30-18(2)25(33)29-3)9-12-24(17)21-6-4-5-20(14-21)16-37-23-10-7-19(8-11-23)15-32-27(35)31-28(36)38-32/h4-14,18H,15-16H2,1-3H3,(H,29,33)(H,30,34)(H,31,35,36)/t18-/m0/s1. The van der Waals surface area contributed by atoms with Crippen LogP contribution in [0.1, 0.15) is 34.0 Å². The first-order valence-corrected chi connectivity index (χ1v) is 12.0. The van der Waals surface area contributed by atoms with Gasteiger partial charge in [0.1, 0.15) is 18.4 Å². The minimum atomic E-state index is -0.790. The Morgan fingerprint density at radius 3 is 2.45 bits per heavy atom. The van der Waals surface area contributed by atoms with E-state index in [9.17, 15) is 19.2 Å². The van der Waals surface area contributed by atoms with Crippen molar-refractivity contribution in [3.63, 3.8) is 0 Å². The van der Waals surface area contributed by atoms with Crippen molar-refractivity contribution in [3.05, 3.63) is 110 Å². The highest BCUT2D eigenvalue weighted by molar-refractivity contribution is 5.98. The molecule has 3 aromatic carbocycles. The van der Waals surface area contributed by atoms with Crippen LogP contribution in [0.3, 0.4) is 0 Å². The largest absolute Gasteiger partial charge is 0.489 e. The number of nitrogens with zero attached hydrogens (tertiary/aromatic N) is 1. The summed E-state index contributed by atoms with van der Waals surface area (Å²) in [7, 11) is 1.53. The van der Waals surface area contributed by atoms with Crippen LogP contribution >= 0.6 is 0 Å². The number of ether oxygens (including phenoxy) is 1. The Hall–Kier alpha value is -4.86. The smallest absolute Gasteiger partial charge is 0.440 e. The van der Waals surface area contributed by atoms with Gasteiger partial charge >= 0.3 is 11.4 Å². The third kappa shape index (κ3) is 6.28. The molecule has 0 aliphatic heterocycles. The molecule has 1 heterocycles. The van der Waals surface area contributed by atoms with Crippen LogP contribution in [0.25, 0.3) is 11.1 Å². The van der Waals surface area contributed by atoms with E-state index in [-0.39, 0.29) is 18.4 Å².